The Morgan fingerprint density at radius 3 is 2.87 bits per heavy atom. The molecule has 0 aliphatic carbocycles. The van der Waals surface area contributed by atoms with E-state index in [-0.39, 0.29) is 22.8 Å². The second-order valence-electron chi connectivity index (χ2n) is 7.11. The van der Waals surface area contributed by atoms with Crippen LogP contribution >= 0.6 is 11.3 Å². The molecule has 0 saturated heterocycles. The van der Waals surface area contributed by atoms with Crippen molar-refractivity contribution in [1.29, 1.82) is 0 Å². The Morgan fingerprint density at radius 2 is 2.06 bits per heavy atom. The van der Waals surface area contributed by atoms with E-state index in [1.165, 1.54) is 17.4 Å². The summed E-state index contributed by atoms with van der Waals surface area (Å²) in [6.07, 6.45) is 0.536. The minimum atomic E-state index is -0.409. The molecule has 0 unspecified atom stereocenters. The Bertz CT molecular complexity index is 1390. The number of anilines is 1. The Kier molecular flexibility index (Phi) is 4.63. The number of aromatic nitrogens is 2. The summed E-state index contributed by atoms with van der Waals surface area (Å²) in [5.41, 5.74) is 1.13. The summed E-state index contributed by atoms with van der Waals surface area (Å²) >= 11 is 1.30. The maximum Gasteiger partial charge on any atom is 0.290 e. The topological polar surface area (TPSA) is 119 Å². The second-order valence-corrected chi connectivity index (χ2v) is 8.20. The number of nitrogens with zero attached hydrogens (tertiary/aromatic N) is 3. The van der Waals surface area contributed by atoms with Crippen LogP contribution in [0.5, 0.6) is 0 Å². The summed E-state index contributed by atoms with van der Waals surface area (Å²) in [7, 11) is 0. The van der Waals surface area contributed by atoms with Gasteiger partial charge in [0.2, 0.25) is 0 Å². The summed E-state index contributed by atoms with van der Waals surface area (Å²) in [5.74, 6) is -0.218. The zero-order valence-corrected chi connectivity index (χ0v) is 17.2. The SMILES string of the molecule is Cc1cc(C(=O)Nc2nc3c(s2)CN(C(=O)c2cc(=O)c4ccccc4o2)CC3)no1. The number of thiazole rings is 1. The van der Waals surface area contributed by atoms with Crippen molar-refractivity contribution in [2.24, 2.45) is 0 Å². The molecule has 0 spiro atoms. The number of carbonyl (C=O) groups is 2. The Morgan fingerprint density at radius 1 is 1.23 bits per heavy atom. The average Bonchev–Trinajstić information content (AvgIpc) is 3.38. The normalized spacial score (nSPS) is 13.3. The molecule has 0 bridgehead atoms. The maximum absolute atomic E-state index is 13.0. The molecule has 1 N–H and O–H groups in total. The van der Waals surface area contributed by atoms with Crippen molar-refractivity contribution >= 4 is 39.3 Å². The van der Waals surface area contributed by atoms with E-state index in [0.717, 1.165) is 10.6 Å². The highest BCUT2D eigenvalue weighted by Crippen LogP contribution is 2.29. The van der Waals surface area contributed by atoms with Crippen LogP contribution in [0.4, 0.5) is 5.13 Å². The van der Waals surface area contributed by atoms with Crippen LogP contribution in [-0.2, 0) is 13.0 Å². The van der Waals surface area contributed by atoms with E-state index in [2.05, 4.69) is 15.5 Å². The lowest BCUT2D eigenvalue weighted by atomic mass is 10.1. The fourth-order valence-electron chi connectivity index (χ4n) is 3.42. The van der Waals surface area contributed by atoms with E-state index in [9.17, 15) is 14.4 Å². The van der Waals surface area contributed by atoms with E-state index in [4.69, 9.17) is 8.94 Å². The second kappa shape index (κ2) is 7.47. The lowest BCUT2D eigenvalue weighted by Gasteiger charge is -2.25. The van der Waals surface area contributed by atoms with Gasteiger partial charge in [-0.1, -0.05) is 28.6 Å². The summed E-state index contributed by atoms with van der Waals surface area (Å²) in [5, 5.41) is 7.27. The fraction of sp³-hybridized carbons (Fsp3) is 0.190. The molecule has 1 aromatic carbocycles. The molecule has 2 amide bonds. The van der Waals surface area contributed by atoms with Crippen molar-refractivity contribution < 1.29 is 18.5 Å². The number of nitrogens with one attached hydrogen (secondary N) is 1. The predicted octanol–water partition coefficient (Wildman–Crippen LogP) is 3.00. The van der Waals surface area contributed by atoms with Gasteiger partial charge in [-0.05, 0) is 19.1 Å². The van der Waals surface area contributed by atoms with E-state index >= 15 is 0 Å². The van der Waals surface area contributed by atoms with Gasteiger partial charge in [0, 0.05) is 30.0 Å². The molecule has 3 aromatic heterocycles. The third-order valence-electron chi connectivity index (χ3n) is 4.94. The van der Waals surface area contributed by atoms with Crippen molar-refractivity contribution in [2.75, 3.05) is 11.9 Å². The summed E-state index contributed by atoms with van der Waals surface area (Å²) < 4.78 is 10.6. The molecule has 31 heavy (non-hydrogen) atoms. The van der Waals surface area contributed by atoms with Gasteiger partial charge in [0.05, 0.1) is 17.6 Å². The smallest absolute Gasteiger partial charge is 0.290 e. The molecule has 1 aliphatic heterocycles. The third kappa shape index (κ3) is 3.61. The first kappa shape index (κ1) is 19.2. The lowest BCUT2D eigenvalue weighted by Crippen LogP contribution is -2.35. The molecular formula is C21H16N4O5S. The first-order valence-electron chi connectivity index (χ1n) is 9.53. The van der Waals surface area contributed by atoms with Crippen LogP contribution in [0.3, 0.4) is 0 Å². The van der Waals surface area contributed by atoms with Crippen molar-refractivity contribution in [2.45, 2.75) is 19.9 Å². The number of amides is 2. The van der Waals surface area contributed by atoms with Crippen LogP contribution in [0.15, 0.2) is 50.1 Å². The predicted molar refractivity (Wildman–Crippen MR) is 112 cm³/mol. The van der Waals surface area contributed by atoms with Crippen LogP contribution in [-0.4, -0.2) is 33.4 Å². The number of benzene rings is 1. The molecular weight excluding hydrogens is 420 g/mol. The highest BCUT2D eigenvalue weighted by Gasteiger charge is 2.27. The van der Waals surface area contributed by atoms with Gasteiger partial charge in [0.1, 0.15) is 11.3 Å². The average molecular weight is 436 g/mol. The van der Waals surface area contributed by atoms with E-state index in [0.29, 0.717) is 41.4 Å². The highest BCUT2D eigenvalue weighted by molar-refractivity contribution is 7.15. The molecule has 0 saturated carbocycles. The first-order chi connectivity index (χ1) is 15.0. The van der Waals surface area contributed by atoms with E-state index < -0.39 is 5.91 Å². The number of rotatable bonds is 3. The van der Waals surface area contributed by atoms with Gasteiger partial charge in [-0.3, -0.25) is 19.7 Å². The largest absolute Gasteiger partial charge is 0.451 e. The third-order valence-corrected chi connectivity index (χ3v) is 5.94. The lowest BCUT2D eigenvalue weighted by molar-refractivity contribution is 0.0704. The summed E-state index contributed by atoms with van der Waals surface area (Å²) in [4.78, 5) is 44.5. The van der Waals surface area contributed by atoms with Crippen molar-refractivity contribution in [1.82, 2.24) is 15.0 Å². The maximum atomic E-state index is 13.0. The zero-order chi connectivity index (χ0) is 21.5. The van der Waals surface area contributed by atoms with Gasteiger partial charge < -0.3 is 13.8 Å². The van der Waals surface area contributed by atoms with E-state index in [1.54, 1.807) is 42.2 Å². The first-order valence-corrected chi connectivity index (χ1v) is 10.3. The molecule has 0 radical (unpaired) electrons. The monoisotopic (exact) mass is 436 g/mol. The zero-order valence-electron chi connectivity index (χ0n) is 16.4. The van der Waals surface area contributed by atoms with Crippen molar-refractivity contribution in [3.05, 3.63) is 74.4 Å². The molecule has 4 heterocycles. The minimum absolute atomic E-state index is 0.00611. The van der Waals surface area contributed by atoms with Gasteiger partial charge in [-0.25, -0.2) is 4.98 Å². The summed E-state index contributed by atoms with van der Waals surface area (Å²) in [6, 6.07) is 9.60. The van der Waals surface area contributed by atoms with Gasteiger partial charge >= 0.3 is 0 Å². The number of carbonyl (C=O) groups excluding carboxylic acids is 2. The molecule has 1 aliphatic rings. The number of hydrogen-bond acceptors (Lipinski definition) is 8. The quantitative estimate of drug-likeness (QED) is 0.524. The molecule has 0 atom stereocenters. The molecule has 9 nitrogen and oxygen atoms in total. The molecule has 10 heteroatoms. The number of para-hydroxylation sites is 1. The Balaban J connectivity index is 1.34. The molecule has 4 aromatic rings. The molecule has 0 fully saturated rings. The fourth-order valence-corrected chi connectivity index (χ4v) is 4.44. The van der Waals surface area contributed by atoms with Crippen LogP contribution in [0.1, 0.15) is 37.4 Å². The minimum Gasteiger partial charge on any atom is -0.451 e. The molecule has 156 valence electrons. The molecule has 5 rings (SSSR count). The van der Waals surface area contributed by atoms with Gasteiger partial charge in [0.15, 0.2) is 22.0 Å². The number of aryl methyl sites for hydroxylation is 1. The summed E-state index contributed by atoms with van der Waals surface area (Å²) in [6.45, 7) is 2.46. The van der Waals surface area contributed by atoms with Crippen LogP contribution in [0.25, 0.3) is 11.0 Å². The van der Waals surface area contributed by atoms with Crippen LogP contribution in [0, 0.1) is 6.92 Å². The Labute approximate surface area is 179 Å². The van der Waals surface area contributed by atoms with Gasteiger partial charge in [-0.2, -0.15) is 0 Å². The van der Waals surface area contributed by atoms with Crippen molar-refractivity contribution in [3.63, 3.8) is 0 Å². The highest BCUT2D eigenvalue weighted by atomic mass is 32.1. The van der Waals surface area contributed by atoms with E-state index in [1.807, 2.05) is 0 Å². The van der Waals surface area contributed by atoms with Gasteiger partial charge in [0.25, 0.3) is 11.8 Å². The van der Waals surface area contributed by atoms with Crippen molar-refractivity contribution in [3.8, 4) is 0 Å². The standard InChI is InChI=1S/C21H16N4O5S/c1-11-8-14(24-30-11)19(27)23-21-22-13-6-7-25(10-18(13)31-21)20(28)17-9-15(26)12-4-2-3-5-16(12)29-17/h2-5,8-9H,6-7,10H2,1H3,(H,22,23,27). The number of hydrogen-bond donors (Lipinski definition) is 1. The van der Waals surface area contributed by atoms with Crippen LogP contribution < -0.4 is 10.7 Å². The van der Waals surface area contributed by atoms with Gasteiger partial charge in [-0.15, -0.1) is 0 Å². The number of fused-ring (bicyclic) bond motifs is 2. The van der Waals surface area contributed by atoms with Crippen LogP contribution in [0.2, 0.25) is 0 Å². The Hall–Kier alpha value is -3.79.